The van der Waals surface area contributed by atoms with Gasteiger partial charge in [0.15, 0.2) is 23.3 Å². The summed E-state index contributed by atoms with van der Waals surface area (Å²) in [6, 6.07) is 1.51. The van der Waals surface area contributed by atoms with Crippen molar-refractivity contribution >= 4 is 23.2 Å². The van der Waals surface area contributed by atoms with Gasteiger partial charge < -0.3 is 10.8 Å². The van der Waals surface area contributed by atoms with Crippen molar-refractivity contribution in [1.82, 2.24) is 0 Å². The number of carbonyl (C=O) groups is 1. The van der Waals surface area contributed by atoms with Crippen LogP contribution in [0.3, 0.4) is 0 Å². The molecule has 1 rings (SSSR count). The molecule has 0 aliphatic carbocycles. The summed E-state index contributed by atoms with van der Waals surface area (Å²) < 4.78 is 40.1. The largest absolute Gasteiger partial charge is 0.478 e. The summed E-state index contributed by atoms with van der Waals surface area (Å²) >= 11 is 0. The van der Waals surface area contributed by atoms with E-state index in [4.69, 9.17) is 21.5 Å². The zero-order valence-corrected chi connectivity index (χ0v) is 9.54. The summed E-state index contributed by atoms with van der Waals surface area (Å²) in [5.74, 6) is -7.57. The second-order valence-corrected chi connectivity index (χ2v) is 3.31. The van der Waals surface area contributed by atoms with Crippen molar-refractivity contribution in [1.29, 1.82) is 10.7 Å². The topological polar surface area (TPSA) is 135 Å². The van der Waals surface area contributed by atoms with Crippen LogP contribution in [0.5, 0.6) is 0 Å². The van der Waals surface area contributed by atoms with Gasteiger partial charge in [-0.05, 0) is 6.07 Å². The molecule has 0 aromatic heterocycles. The first-order valence-corrected chi connectivity index (χ1v) is 4.78. The van der Waals surface area contributed by atoms with Crippen molar-refractivity contribution in [3.05, 3.63) is 29.1 Å². The van der Waals surface area contributed by atoms with Gasteiger partial charge in [0.05, 0.1) is 0 Å². The molecule has 0 saturated carbocycles. The molecule has 1 aromatic carbocycles. The minimum Gasteiger partial charge on any atom is -0.478 e. The maximum atomic E-state index is 13.6. The fourth-order valence-corrected chi connectivity index (χ4v) is 1.11. The summed E-state index contributed by atoms with van der Waals surface area (Å²) in [5, 5.41) is 27.1. The molecule has 10 heteroatoms. The predicted molar refractivity (Wildman–Crippen MR) is 61.9 cm³/mol. The molecular weight excluding hydrogens is 279 g/mol. The summed E-state index contributed by atoms with van der Waals surface area (Å²) in [6.45, 7) is 0. The number of rotatable bonds is 4. The number of hydrogen-bond acceptors (Lipinski definition) is 5. The van der Waals surface area contributed by atoms with Crippen molar-refractivity contribution in [3.63, 3.8) is 0 Å². The molecule has 0 aliphatic heterocycles. The Kier molecular flexibility index (Phi) is 4.27. The second kappa shape index (κ2) is 5.70. The molecule has 0 radical (unpaired) electrons. The fraction of sp³-hybridized carbons (Fsp3) is 0. The summed E-state index contributed by atoms with van der Waals surface area (Å²) in [7, 11) is 0. The molecule has 0 unspecified atom stereocenters. The second-order valence-electron chi connectivity index (χ2n) is 3.31. The van der Waals surface area contributed by atoms with Gasteiger partial charge in [0.1, 0.15) is 17.3 Å². The number of nitriles is 1. The van der Waals surface area contributed by atoms with Crippen LogP contribution in [0.4, 0.5) is 18.9 Å². The molecule has 0 amide bonds. The molecule has 7 nitrogen and oxygen atoms in total. The van der Waals surface area contributed by atoms with Crippen LogP contribution in [0.25, 0.3) is 0 Å². The summed E-state index contributed by atoms with van der Waals surface area (Å²) in [4.78, 5) is 10.6. The lowest BCUT2D eigenvalue weighted by atomic mass is 10.1. The monoisotopic (exact) mass is 285 g/mol. The Bertz CT molecular complexity index is 666. The highest BCUT2D eigenvalue weighted by Gasteiger charge is 2.22. The lowest BCUT2D eigenvalue weighted by Crippen LogP contribution is -2.22. The van der Waals surface area contributed by atoms with Crippen LogP contribution in [0.15, 0.2) is 11.2 Å². The number of nitrogens with one attached hydrogen (secondary N) is 2. The summed E-state index contributed by atoms with van der Waals surface area (Å²) in [5.41, 5.74) is 3.52. The van der Waals surface area contributed by atoms with Gasteiger partial charge in [-0.15, -0.1) is 0 Å². The number of nitrogens with zero attached hydrogens (tertiary/aromatic N) is 2. The molecule has 0 spiro atoms. The highest BCUT2D eigenvalue weighted by Crippen LogP contribution is 2.25. The minimum atomic E-state index is -1.82. The van der Waals surface area contributed by atoms with E-state index in [9.17, 15) is 18.0 Å². The number of carboxylic acids is 1. The van der Waals surface area contributed by atoms with Crippen molar-refractivity contribution in [2.45, 2.75) is 0 Å². The lowest BCUT2D eigenvalue weighted by molar-refractivity contribution is 0.0691. The van der Waals surface area contributed by atoms with E-state index in [2.05, 4.69) is 5.10 Å². The predicted octanol–water partition coefficient (Wildman–Crippen LogP) is 1.03. The van der Waals surface area contributed by atoms with Crippen LogP contribution in [0.2, 0.25) is 0 Å². The van der Waals surface area contributed by atoms with Crippen molar-refractivity contribution in [3.8, 4) is 6.07 Å². The Labute approximate surface area is 109 Å². The highest BCUT2D eigenvalue weighted by molar-refractivity contribution is 6.45. The van der Waals surface area contributed by atoms with E-state index in [1.807, 2.05) is 0 Å². The third-order valence-corrected chi connectivity index (χ3v) is 2.03. The number of hydrogen-bond donors (Lipinski definition) is 4. The molecule has 1 aromatic rings. The Morgan fingerprint density at radius 3 is 2.50 bits per heavy atom. The number of aromatic carboxylic acids is 1. The van der Waals surface area contributed by atoms with Crippen LogP contribution in [-0.2, 0) is 0 Å². The van der Waals surface area contributed by atoms with Crippen LogP contribution >= 0.6 is 0 Å². The maximum Gasteiger partial charge on any atom is 0.338 e. The first-order chi connectivity index (χ1) is 9.29. The van der Waals surface area contributed by atoms with E-state index in [0.717, 1.165) is 0 Å². The molecule has 5 N–H and O–H groups in total. The van der Waals surface area contributed by atoms with Crippen LogP contribution < -0.4 is 11.2 Å². The van der Waals surface area contributed by atoms with Crippen LogP contribution in [-0.4, -0.2) is 22.6 Å². The molecule has 20 heavy (non-hydrogen) atoms. The smallest absolute Gasteiger partial charge is 0.338 e. The van der Waals surface area contributed by atoms with Gasteiger partial charge >= 0.3 is 5.97 Å². The number of nitrogens with two attached hydrogens (primary N) is 1. The van der Waals surface area contributed by atoms with Gasteiger partial charge in [0.2, 0.25) is 5.71 Å². The molecule has 0 bridgehead atoms. The number of hydrazone groups is 1. The van der Waals surface area contributed by atoms with E-state index >= 15 is 0 Å². The number of benzene rings is 1. The lowest BCUT2D eigenvalue weighted by Gasteiger charge is -2.07. The zero-order valence-electron chi connectivity index (χ0n) is 9.54. The van der Waals surface area contributed by atoms with Crippen molar-refractivity contribution in [2.75, 3.05) is 5.43 Å². The Morgan fingerprint density at radius 2 is 2.05 bits per heavy atom. The van der Waals surface area contributed by atoms with Crippen LogP contribution in [0.1, 0.15) is 10.4 Å². The van der Waals surface area contributed by atoms with Gasteiger partial charge in [0, 0.05) is 0 Å². The number of halogens is 3. The third kappa shape index (κ3) is 2.83. The Balaban J connectivity index is 3.36. The van der Waals surface area contributed by atoms with Gasteiger partial charge in [0.25, 0.3) is 0 Å². The standard InChI is InChI=1S/C10H6F3N5O2/c11-4-1-3(10(19)20)6(12)8(7(4)13)18-17-5(2-14)9(15)16/h1,18H,(H3,15,16)(H,19,20)/b17-5+. The highest BCUT2D eigenvalue weighted by atomic mass is 19.2. The molecule has 0 saturated heterocycles. The Hall–Kier alpha value is -3.09. The third-order valence-electron chi connectivity index (χ3n) is 2.03. The van der Waals surface area contributed by atoms with E-state index < -0.39 is 46.2 Å². The van der Waals surface area contributed by atoms with Gasteiger partial charge in [-0.2, -0.15) is 10.4 Å². The molecule has 0 aliphatic rings. The van der Waals surface area contributed by atoms with Gasteiger partial charge in [-0.1, -0.05) is 0 Å². The first-order valence-electron chi connectivity index (χ1n) is 4.78. The van der Waals surface area contributed by atoms with E-state index in [-0.39, 0.29) is 6.07 Å². The fourth-order valence-electron chi connectivity index (χ4n) is 1.11. The number of carboxylic acid groups (broad SMARTS) is 1. The molecule has 0 fully saturated rings. The molecular formula is C10H6F3N5O2. The average molecular weight is 285 g/mol. The molecule has 104 valence electrons. The zero-order chi connectivity index (χ0) is 15.4. The van der Waals surface area contributed by atoms with Crippen LogP contribution in [0, 0.1) is 34.2 Å². The molecule has 0 heterocycles. The summed E-state index contributed by atoms with van der Waals surface area (Å²) in [6.07, 6.45) is 0. The van der Waals surface area contributed by atoms with E-state index in [1.165, 1.54) is 6.07 Å². The minimum absolute atomic E-state index is 0.165. The quantitative estimate of drug-likeness (QED) is 0.283. The number of anilines is 1. The van der Waals surface area contributed by atoms with Gasteiger partial charge in [-0.3, -0.25) is 10.8 Å². The normalized spacial score (nSPS) is 10.8. The van der Waals surface area contributed by atoms with E-state index in [1.54, 1.807) is 5.43 Å². The average Bonchev–Trinajstić information content (AvgIpc) is 2.37. The molecule has 0 atom stereocenters. The van der Waals surface area contributed by atoms with E-state index in [0.29, 0.717) is 0 Å². The van der Waals surface area contributed by atoms with Crippen molar-refractivity contribution < 1.29 is 23.1 Å². The maximum absolute atomic E-state index is 13.6. The van der Waals surface area contributed by atoms with Crippen molar-refractivity contribution in [2.24, 2.45) is 10.8 Å². The number of amidine groups is 1. The first kappa shape index (κ1) is 15.0. The Morgan fingerprint density at radius 1 is 1.45 bits per heavy atom. The van der Waals surface area contributed by atoms with Gasteiger partial charge in [-0.25, -0.2) is 18.0 Å². The SMILES string of the molecule is N#C/C(=N\Nc1c(F)c(F)cc(C(=O)O)c1F)C(=N)N.